The standard InChI is InChI=1S/C13H30N2O/c1-5-8-14-13(11-16)7-10-15(9-6-2)12(3)4/h12-14,16H,5-11H2,1-4H3. The van der Waals surface area contributed by atoms with E-state index in [1.54, 1.807) is 0 Å². The van der Waals surface area contributed by atoms with Gasteiger partial charge in [-0.3, -0.25) is 0 Å². The summed E-state index contributed by atoms with van der Waals surface area (Å²) in [6.45, 7) is 12.3. The maximum atomic E-state index is 9.25. The molecule has 0 saturated carbocycles. The average molecular weight is 230 g/mol. The lowest BCUT2D eigenvalue weighted by Crippen LogP contribution is -2.39. The molecule has 0 aromatic heterocycles. The molecular formula is C13H30N2O. The molecule has 0 saturated heterocycles. The van der Waals surface area contributed by atoms with E-state index in [1.165, 1.54) is 6.42 Å². The quantitative estimate of drug-likeness (QED) is 0.601. The van der Waals surface area contributed by atoms with Crippen molar-refractivity contribution < 1.29 is 5.11 Å². The second-order valence-electron chi connectivity index (χ2n) is 4.75. The molecule has 0 heterocycles. The summed E-state index contributed by atoms with van der Waals surface area (Å²) in [6, 6.07) is 0.864. The number of rotatable bonds is 10. The number of nitrogens with zero attached hydrogens (tertiary/aromatic N) is 1. The summed E-state index contributed by atoms with van der Waals surface area (Å²) in [5.41, 5.74) is 0. The van der Waals surface area contributed by atoms with Crippen LogP contribution < -0.4 is 5.32 Å². The second kappa shape index (κ2) is 10.1. The Morgan fingerprint density at radius 3 is 2.25 bits per heavy atom. The summed E-state index contributed by atoms with van der Waals surface area (Å²) in [5, 5.41) is 12.6. The van der Waals surface area contributed by atoms with E-state index >= 15 is 0 Å². The van der Waals surface area contributed by atoms with E-state index in [4.69, 9.17) is 0 Å². The topological polar surface area (TPSA) is 35.5 Å². The fourth-order valence-corrected chi connectivity index (χ4v) is 1.84. The summed E-state index contributed by atoms with van der Waals surface area (Å²) in [5.74, 6) is 0. The van der Waals surface area contributed by atoms with Gasteiger partial charge >= 0.3 is 0 Å². The first-order valence-electron chi connectivity index (χ1n) is 6.73. The van der Waals surface area contributed by atoms with E-state index < -0.39 is 0 Å². The first-order valence-corrected chi connectivity index (χ1v) is 6.73. The Hall–Kier alpha value is -0.120. The normalized spacial score (nSPS) is 13.7. The summed E-state index contributed by atoms with van der Waals surface area (Å²) >= 11 is 0. The molecule has 0 aromatic rings. The molecule has 0 fully saturated rings. The molecule has 0 radical (unpaired) electrons. The third-order valence-electron chi connectivity index (χ3n) is 2.91. The molecule has 0 aromatic carbocycles. The Labute approximate surface area is 101 Å². The van der Waals surface area contributed by atoms with Crippen molar-refractivity contribution in [1.82, 2.24) is 10.2 Å². The molecule has 2 N–H and O–H groups in total. The largest absolute Gasteiger partial charge is 0.395 e. The van der Waals surface area contributed by atoms with Gasteiger partial charge in [-0.2, -0.15) is 0 Å². The van der Waals surface area contributed by atoms with Gasteiger partial charge in [-0.05, 0) is 52.7 Å². The highest BCUT2D eigenvalue weighted by molar-refractivity contribution is 4.70. The van der Waals surface area contributed by atoms with Crippen molar-refractivity contribution in [3.05, 3.63) is 0 Å². The van der Waals surface area contributed by atoms with Gasteiger partial charge in [0.05, 0.1) is 6.61 Å². The van der Waals surface area contributed by atoms with Gasteiger partial charge in [0.25, 0.3) is 0 Å². The molecule has 98 valence electrons. The van der Waals surface area contributed by atoms with E-state index in [2.05, 4.69) is 37.9 Å². The molecule has 1 atom stereocenters. The van der Waals surface area contributed by atoms with Crippen molar-refractivity contribution in [3.8, 4) is 0 Å². The summed E-state index contributed by atoms with van der Waals surface area (Å²) in [4.78, 5) is 2.48. The van der Waals surface area contributed by atoms with Crippen LogP contribution in [0.25, 0.3) is 0 Å². The van der Waals surface area contributed by atoms with Gasteiger partial charge in [0.2, 0.25) is 0 Å². The molecule has 1 unspecified atom stereocenters. The Morgan fingerprint density at radius 1 is 1.12 bits per heavy atom. The zero-order chi connectivity index (χ0) is 12.4. The van der Waals surface area contributed by atoms with Crippen LogP contribution in [0.3, 0.4) is 0 Å². The fourth-order valence-electron chi connectivity index (χ4n) is 1.84. The third kappa shape index (κ3) is 7.20. The third-order valence-corrected chi connectivity index (χ3v) is 2.91. The summed E-state index contributed by atoms with van der Waals surface area (Å²) in [7, 11) is 0. The molecule has 3 heteroatoms. The Kier molecular flexibility index (Phi) is 9.99. The Bertz CT molecular complexity index is 151. The van der Waals surface area contributed by atoms with Crippen LogP contribution in [0.5, 0.6) is 0 Å². The van der Waals surface area contributed by atoms with Gasteiger partial charge in [0, 0.05) is 12.1 Å². The van der Waals surface area contributed by atoms with Crippen molar-refractivity contribution in [2.45, 2.75) is 59.0 Å². The molecular weight excluding hydrogens is 200 g/mol. The van der Waals surface area contributed by atoms with Crippen LogP contribution >= 0.6 is 0 Å². The monoisotopic (exact) mass is 230 g/mol. The van der Waals surface area contributed by atoms with E-state index in [9.17, 15) is 5.11 Å². The van der Waals surface area contributed by atoms with E-state index in [0.29, 0.717) is 6.04 Å². The summed E-state index contributed by atoms with van der Waals surface area (Å²) < 4.78 is 0. The van der Waals surface area contributed by atoms with Crippen LogP contribution in [-0.2, 0) is 0 Å². The maximum Gasteiger partial charge on any atom is 0.0585 e. The van der Waals surface area contributed by atoms with Crippen LogP contribution in [0.4, 0.5) is 0 Å². The van der Waals surface area contributed by atoms with Crippen molar-refractivity contribution in [1.29, 1.82) is 0 Å². The lowest BCUT2D eigenvalue weighted by Gasteiger charge is -2.28. The van der Waals surface area contributed by atoms with Crippen LogP contribution in [0.2, 0.25) is 0 Å². The highest BCUT2D eigenvalue weighted by Gasteiger charge is 2.11. The number of hydrogen-bond donors (Lipinski definition) is 2. The van der Waals surface area contributed by atoms with Gasteiger partial charge in [-0.25, -0.2) is 0 Å². The first-order chi connectivity index (χ1) is 7.65. The molecule has 0 bridgehead atoms. The predicted octanol–water partition coefficient (Wildman–Crippen LogP) is 1.86. The Morgan fingerprint density at radius 2 is 1.81 bits per heavy atom. The molecule has 0 aliphatic heterocycles. The lowest BCUT2D eigenvalue weighted by atomic mass is 10.2. The van der Waals surface area contributed by atoms with Crippen molar-refractivity contribution in [2.24, 2.45) is 0 Å². The minimum atomic E-state index is 0.248. The van der Waals surface area contributed by atoms with E-state index in [0.717, 1.165) is 32.5 Å². The highest BCUT2D eigenvalue weighted by Crippen LogP contribution is 2.03. The van der Waals surface area contributed by atoms with Crippen molar-refractivity contribution in [2.75, 3.05) is 26.2 Å². The molecule has 0 spiro atoms. The van der Waals surface area contributed by atoms with E-state index in [-0.39, 0.29) is 12.6 Å². The smallest absolute Gasteiger partial charge is 0.0585 e. The van der Waals surface area contributed by atoms with Crippen molar-refractivity contribution in [3.63, 3.8) is 0 Å². The fraction of sp³-hybridized carbons (Fsp3) is 1.00. The molecule has 0 aliphatic carbocycles. The lowest BCUT2D eigenvalue weighted by molar-refractivity contribution is 0.183. The van der Waals surface area contributed by atoms with Gasteiger partial charge in [-0.15, -0.1) is 0 Å². The van der Waals surface area contributed by atoms with Crippen LogP contribution in [0.15, 0.2) is 0 Å². The highest BCUT2D eigenvalue weighted by atomic mass is 16.3. The molecule has 0 amide bonds. The maximum absolute atomic E-state index is 9.25. The van der Waals surface area contributed by atoms with Gasteiger partial charge in [0.1, 0.15) is 0 Å². The van der Waals surface area contributed by atoms with Crippen molar-refractivity contribution >= 4 is 0 Å². The number of hydrogen-bond acceptors (Lipinski definition) is 3. The van der Waals surface area contributed by atoms with Crippen LogP contribution in [0.1, 0.15) is 47.0 Å². The number of aliphatic hydroxyl groups is 1. The molecule has 16 heavy (non-hydrogen) atoms. The average Bonchev–Trinajstić information content (AvgIpc) is 2.27. The molecule has 0 aliphatic rings. The van der Waals surface area contributed by atoms with Gasteiger partial charge in [-0.1, -0.05) is 13.8 Å². The van der Waals surface area contributed by atoms with Gasteiger partial charge < -0.3 is 15.3 Å². The minimum Gasteiger partial charge on any atom is -0.395 e. The first kappa shape index (κ1) is 15.9. The van der Waals surface area contributed by atoms with E-state index in [1.807, 2.05) is 0 Å². The summed E-state index contributed by atoms with van der Waals surface area (Å²) in [6.07, 6.45) is 3.36. The zero-order valence-corrected chi connectivity index (χ0v) is 11.5. The Balaban J connectivity index is 3.86. The number of aliphatic hydroxyl groups excluding tert-OH is 1. The van der Waals surface area contributed by atoms with Gasteiger partial charge in [0.15, 0.2) is 0 Å². The second-order valence-corrected chi connectivity index (χ2v) is 4.75. The zero-order valence-electron chi connectivity index (χ0n) is 11.5. The molecule has 0 rings (SSSR count). The minimum absolute atomic E-state index is 0.248. The molecule has 3 nitrogen and oxygen atoms in total. The predicted molar refractivity (Wildman–Crippen MR) is 70.8 cm³/mol. The van der Waals surface area contributed by atoms with Crippen LogP contribution in [-0.4, -0.2) is 48.3 Å². The van der Waals surface area contributed by atoms with Crippen LogP contribution in [0, 0.1) is 0 Å². The SMILES string of the molecule is CCCNC(CO)CCN(CCC)C(C)C. The number of nitrogens with one attached hydrogen (secondary N) is 1.